The Morgan fingerprint density at radius 2 is 1.78 bits per heavy atom. The fourth-order valence-electron chi connectivity index (χ4n) is 3.07. The van der Waals surface area contributed by atoms with Crippen LogP contribution in [0.5, 0.6) is 5.75 Å². The van der Waals surface area contributed by atoms with Crippen molar-refractivity contribution in [3.63, 3.8) is 0 Å². The van der Waals surface area contributed by atoms with Crippen LogP contribution < -0.4 is 9.64 Å². The van der Waals surface area contributed by atoms with Gasteiger partial charge in [0.1, 0.15) is 11.3 Å². The Morgan fingerprint density at radius 3 is 2.30 bits per heavy atom. The first-order valence-electron chi connectivity index (χ1n) is 7.71. The fraction of sp³-hybridized carbons (Fsp3) is 0.588. The third-order valence-electron chi connectivity index (χ3n) is 4.34. The Kier molecular flexibility index (Phi) is 6.24. The van der Waals surface area contributed by atoms with E-state index in [0.29, 0.717) is 17.2 Å². The minimum absolute atomic E-state index is 0.145. The first kappa shape index (κ1) is 17.6. The number of ether oxygens (including phenoxy) is 4. The van der Waals surface area contributed by atoms with Crippen molar-refractivity contribution >= 4 is 11.7 Å². The van der Waals surface area contributed by atoms with Gasteiger partial charge >= 0.3 is 5.97 Å². The largest absolute Gasteiger partial charge is 0.496 e. The lowest BCUT2D eigenvalue weighted by molar-refractivity contribution is -0.141. The van der Waals surface area contributed by atoms with E-state index >= 15 is 0 Å². The number of methoxy groups -OCH3 is 4. The molecule has 1 aliphatic heterocycles. The summed E-state index contributed by atoms with van der Waals surface area (Å²) in [6, 6.07) is 5.56. The number of rotatable bonds is 6. The van der Waals surface area contributed by atoms with Crippen LogP contribution in [0.1, 0.15) is 23.2 Å². The van der Waals surface area contributed by atoms with Crippen LogP contribution in [0.2, 0.25) is 0 Å². The van der Waals surface area contributed by atoms with Crippen molar-refractivity contribution in [2.45, 2.75) is 19.1 Å². The smallest absolute Gasteiger partial charge is 0.341 e. The highest BCUT2D eigenvalue weighted by Crippen LogP contribution is 2.30. The summed E-state index contributed by atoms with van der Waals surface area (Å²) in [6.07, 6.45) is 1.84. The highest BCUT2D eigenvalue weighted by Gasteiger charge is 2.27. The predicted molar refractivity (Wildman–Crippen MR) is 87.1 cm³/mol. The SMILES string of the molecule is COC(=O)c1ccc(N2CCC(C(OC)OC)CC2)cc1OC. The van der Waals surface area contributed by atoms with E-state index in [0.717, 1.165) is 31.6 Å². The lowest BCUT2D eigenvalue weighted by Crippen LogP contribution is -2.39. The molecule has 0 atom stereocenters. The van der Waals surface area contributed by atoms with Gasteiger partial charge in [-0.3, -0.25) is 0 Å². The summed E-state index contributed by atoms with van der Waals surface area (Å²) in [4.78, 5) is 14.0. The Balaban J connectivity index is 2.08. The fourth-order valence-corrected chi connectivity index (χ4v) is 3.07. The van der Waals surface area contributed by atoms with Crippen molar-refractivity contribution in [3.8, 4) is 5.75 Å². The molecule has 2 rings (SSSR count). The second-order valence-corrected chi connectivity index (χ2v) is 5.54. The summed E-state index contributed by atoms with van der Waals surface area (Å²) in [5.41, 5.74) is 1.48. The molecule has 1 fully saturated rings. The minimum atomic E-state index is -0.393. The van der Waals surface area contributed by atoms with E-state index in [1.165, 1.54) is 7.11 Å². The number of hydrogen-bond acceptors (Lipinski definition) is 6. The zero-order valence-electron chi connectivity index (χ0n) is 14.2. The average Bonchev–Trinajstić information content (AvgIpc) is 2.62. The van der Waals surface area contributed by atoms with Gasteiger partial charge in [-0.2, -0.15) is 0 Å². The molecule has 23 heavy (non-hydrogen) atoms. The third kappa shape index (κ3) is 3.95. The van der Waals surface area contributed by atoms with Crippen molar-refractivity contribution in [2.75, 3.05) is 46.4 Å². The van der Waals surface area contributed by atoms with Gasteiger partial charge in [0.15, 0.2) is 6.29 Å². The van der Waals surface area contributed by atoms with Gasteiger partial charge in [-0.25, -0.2) is 4.79 Å². The van der Waals surface area contributed by atoms with Gasteiger partial charge in [-0.05, 0) is 25.0 Å². The molecule has 0 aromatic heterocycles. The zero-order chi connectivity index (χ0) is 16.8. The molecule has 0 aliphatic carbocycles. The van der Waals surface area contributed by atoms with E-state index in [2.05, 4.69) is 4.90 Å². The van der Waals surface area contributed by atoms with E-state index in [4.69, 9.17) is 18.9 Å². The van der Waals surface area contributed by atoms with Crippen LogP contribution in [-0.2, 0) is 14.2 Å². The maximum absolute atomic E-state index is 11.7. The van der Waals surface area contributed by atoms with E-state index in [1.807, 2.05) is 12.1 Å². The van der Waals surface area contributed by atoms with Crippen LogP contribution in [0.3, 0.4) is 0 Å². The number of benzene rings is 1. The Labute approximate surface area is 137 Å². The molecule has 6 nitrogen and oxygen atoms in total. The first-order valence-corrected chi connectivity index (χ1v) is 7.71. The van der Waals surface area contributed by atoms with Gasteiger partial charge in [0.25, 0.3) is 0 Å². The summed E-state index contributed by atoms with van der Waals surface area (Å²) in [5, 5.41) is 0. The molecule has 6 heteroatoms. The maximum atomic E-state index is 11.7. The molecule has 0 bridgehead atoms. The second-order valence-electron chi connectivity index (χ2n) is 5.54. The van der Waals surface area contributed by atoms with Gasteiger partial charge in [0.2, 0.25) is 0 Å². The van der Waals surface area contributed by atoms with Crippen LogP contribution in [0.25, 0.3) is 0 Å². The van der Waals surface area contributed by atoms with Gasteiger partial charge in [0, 0.05) is 45.0 Å². The van der Waals surface area contributed by atoms with Crippen molar-refractivity contribution in [2.24, 2.45) is 5.92 Å². The predicted octanol–water partition coefficient (Wildman–Crippen LogP) is 2.32. The molecule has 128 valence electrons. The average molecular weight is 323 g/mol. The maximum Gasteiger partial charge on any atom is 0.341 e. The molecule has 0 unspecified atom stereocenters. The van der Waals surface area contributed by atoms with Crippen LogP contribution in [0.15, 0.2) is 18.2 Å². The van der Waals surface area contributed by atoms with Gasteiger partial charge < -0.3 is 23.8 Å². The van der Waals surface area contributed by atoms with Crippen LogP contribution in [-0.4, -0.2) is 53.8 Å². The third-order valence-corrected chi connectivity index (χ3v) is 4.34. The number of anilines is 1. The number of carbonyl (C=O) groups is 1. The lowest BCUT2D eigenvalue weighted by Gasteiger charge is -2.36. The number of nitrogens with zero attached hydrogens (tertiary/aromatic N) is 1. The van der Waals surface area contributed by atoms with Crippen LogP contribution in [0.4, 0.5) is 5.69 Å². The molecule has 0 radical (unpaired) electrons. The molecular formula is C17H25NO5. The number of esters is 1. The molecule has 0 amide bonds. The van der Waals surface area contributed by atoms with Gasteiger partial charge in [-0.15, -0.1) is 0 Å². The quantitative estimate of drug-likeness (QED) is 0.591. The molecule has 0 saturated carbocycles. The Bertz CT molecular complexity index is 522. The summed E-state index contributed by atoms with van der Waals surface area (Å²) < 4.78 is 20.8. The van der Waals surface area contributed by atoms with E-state index in [9.17, 15) is 4.79 Å². The summed E-state index contributed by atoms with van der Waals surface area (Å²) >= 11 is 0. The van der Waals surface area contributed by atoms with Crippen molar-refractivity contribution in [1.29, 1.82) is 0 Å². The Morgan fingerprint density at radius 1 is 1.13 bits per heavy atom. The van der Waals surface area contributed by atoms with E-state index in [-0.39, 0.29) is 6.29 Å². The van der Waals surface area contributed by atoms with Crippen LogP contribution >= 0.6 is 0 Å². The minimum Gasteiger partial charge on any atom is -0.496 e. The standard InChI is InChI=1S/C17H25NO5/c1-20-15-11-13(5-6-14(15)16(19)21-2)18-9-7-12(8-10-18)17(22-3)23-4/h5-6,11-12,17H,7-10H2,1-4H3. The number of carbonyl (C=O) groups excluding carboxylic acids is 1. The number of hydrogen-bond donors (Lipinski definition) is 0. The molecule has 1 aliphatic rings. The van der Waals surface area contributed by atoms with Crippen molar-refractivity contribution < 1.29 is 23.7 Å². The molecule has 1 saturated heterocycles. The monoisotopic (exact) mass is 323 g/mol. The van der Waals surface area contributed by atoms with Crippen LogP contribution in [0, 0.1) is 5.92 Å². The summed E-state index contributed by atoms with van der Waals surface area (Å²) in [7, 11) is 6.27. The lowest BCUT2D eigenvalue weighted by atomic mass is 9.95. The normalized spacial score (nSPS) is 15.8. The highest BCUT2D eigenvalue weighted by molar-refractivity contribution is 5.93. The van der Waals surface area contributed by atoms with Gasteiger partial charge in [0.05, 0.1) is 14.2 Å². The first-order chi connectivity index (χ1) is 11.1. The molecule has 1 aromatic rings. The van der Waals surface area contributed by atoms with Gasteiger partial charge in [-0.1, -0.05) is 0 Å². The summed E-state index contributed by atoms with van der Waals surface area (Å²) in [5.74, 6) is 0.538. The molecule has 0 spiro atoms. The summed E-state index contributed by atoms with van der Waals surface area (Å²) in [6.45, 7) is 1.82. The molecule has 1 heterocycles. The molecule has 0 N–H and O–H groups in total. The zero-order valence-corrected chi connectivity index (χ0v) is 14.2. The topological polar surface area (TPSA) is 57.2 Å². The second kappa shape index (κ2) is 8.17. The van der Waals surface area contributed by atoms with E-state index in [1.54, 1.807) is 27.4 Å². The molecular weight excluding hydrogens is 298 g/mol. The highest BCUT2D eigenvalue weighted by atomic mass is 16.7. The Hall–Kier alpha value is -1.79. The van der Waals surface area contributed by atoms with Crippen molar-refractivity contribution in [1.82, 2.24) is 0 Å². The molecule has 1 aromatic carbocycles. The van der Waals surface area contributed by atoms with E-state index < -0.39 is 5.97 Å². The van der Waals surface area contributed by atoms with Crippen molar-refractivity contribution in [3.05, 3.63) is 23.8 Å². The number of piperidine rings is 1.